The van der Waals surface area contributed by atoms with E-state index < -0.39 is 36.5 Å². The normalized spacial score (nSPS) is 14.6. The van der Waals surface area contributed by atoms with Crippen LogP contribution in [0.1, 0.15) is 41.6 Å². The number of hydrogen-bond donors (Lipinski definition) is 4. The molecule has 0 saturated heterocycles. The van der Waals surface area contributed by atoms with Gasteiger partial charge in [-0.25, -0.2) is 19.8 Å². The predicted molar refractivity (Wildman–Crippen MR) is 154 cm³/mol. The van der Waals surface area contributed by atoms with Crippen molar-refractivity contribution in [3.8, 4) is 22.8 Å². The van der Waals surface area contributed by atoms with Crippen molar-refractivity contribution >= 4 is 41.7 Å². The number of esters is 1. The molecule has 1 aromatic heterocycles. The van der Waals surface area contributed by atoms with Gasteiger partial charge in [-0.1, -0.05) is 17.7 Å². The Balaban J connectivity index is 1.39. The molecule has 0 saturated carbocycles. The number of benzene rings is 2. The van der Waals surface area contributed by atoms with E-state index in [1.54, 1.807) is 44.2 Å². The maximum Gasteiger partial charge on any atom is 0.338 e. The first-order valence-electron chi connectivity index (χ1n) is 12.8. The number of urea groups is 1. The van der Waals surface area contributed by atoms with Crippen molar-refractivity contribution in [2.24, 2.45) is 5.10 Å². The molecule has 13 nitrogen and oxygen atoms in total. The quantitative estimate of drug-likeness (QED) is 0.142. The van der Waals surface area contributed by atoms with E-state index in [1.165, 1.54) is 31.5 Å². The van der Waals surface area contributed by atoms with Crippen molar-refractivity contribution in [2.75, 3.05) is 20.3 Å². The van der Waals surface area contributed by atoms with Crippen molar-refractivity contribution in [3.63, 3.8) is 0 Å². The summed E-state index contributed by atoms with van der Waals surface area (Å²) in [5.74, 6) is -1.16. The zero-order valence-corrected chi connectivity index (χ0v) is 24.0. The highest BCUT2D eigenvalue weighted by Crippen LogP contribution is 2.35. The van der Waals surface area contributed by atoms with E-state index in [0.717, 1.165) is 0 Å². The predicted octanol–water partition coefficient (Wildman–Crippen LogP) is 4.03. The molecule has 0 unspecified atom stereocenters. The second-order valence-corrected chi connectivity index (χ2v) is 9.39. The molecule has 0 fully saturated rings. The van der Waals surface area contributed by atoms with Gasteiger partial charge in [-0.3, -0.25) is 4.79 Å². The molecule has 43 heavy (non-hydrogen) atoms. The van der Waals surface area contributed by atoms with E-state index in [4.69, 9.17) is 30.2 Å². The maximum atomic E-state index is 12.6. The van der Waals surface area contributed by atoms with Crippen LogP contribution in [0.15, 0.2) is 69.3 Å². The Morgan fingerprint density at radius 3 is 2.65 bits per heavy atom. The topological polar surface area (TPSA) is 178 Å². The summed E-state index contributed by atoms with van der Waals surface area (Å²) in [5.41, 5.74) is 3.90. The van der Waals surface area contributed by atoms with Crippen molar-refractivity contribution in [2.45, 2.75) is 19.9 Å². The zero-order chi connectivity index (χ0) is 31.1. The Morgan fingerprint density at radius 2 is 1.93 bits per heavy atom. The molecule has 3 amide bonds. The Labute approximate surface area is 250 Å². The number of rotatable bonds is 11. The van der Waals surface area contributed by atoms with Gasteiger partial charge in [0, 0.05) is 11.3 Å². The van der Waals surface area contributed by atoms with Crippen LogP contribution < -0.4 is 25.5 Å². The molecule has 1 aliphatic heterocycles. The number of methoxy groups -OCH3 is 1. The SMILES string of the molecule is CCOC(=O)C1=C(C)NC(=O)N[C@@H]1c1ccc(OCC(=O)N/N=C\c2ccc(-c3cc(C(=O)O)ccc3Cl)o2)c(OC)c1. The molecule has 3 aromatic rings. The fraction of sp³-hybridized carbons (Fsp3) is 0.207. The van der Waals surface area contributed by atoms with Gasteiger partial charge >= 0.3 is 18.0 Å². The van der Waals surface area contributed by atoms with E-state index >= 15 is 0 Å². The van der Waals surface area contributed by atoms with Crippen LogP contribution >= 0.6 is 11.6 Å². The van der Waals surface area contributed by atoms with Crippen LogP contribution in [-0.2, 0) is 14.3 Å². The molecule has 2 heterocycles. The molecule has 0 bridgehead atoms. The summed E-state index contributed by atoms with van der Waals surface area (Å²) < 4.78 is 21.8. The van der Waals surface area contributed by atoms with Gasteiger partial charge in [-0.05, 0) is 61.9 Å². The van der Waals surface area contributed by atoms with Crippen LogP contribution in [0.25, 0.3) is 11.3 Å². The lowest BCUT2D eigenvalue weighted by Crippen LogP contribution is -2.45. The van der Waals surface area contributed by atoms with Gasteiger partial charge < -0.3 is 34.4 Å². The largest absolute Gasteiger partial charge is 0.493 e. The number of carboxylic acids is 1. The Kier molecular flexibility index (Phi) is 9.68. The average molecular weight is 611 g/mol. The number of carboxylic acid groups (broad SMARTS) is 1. The van der Waals surface area contributed by atoms with Gasteiger partial charge in [0.05, 0.1) is 42.1 Å². The number of nitrogens with zero attached hydrogens (tertiary/aromatic N) is 1. The van der Waals surface area contributed by atoms with Gasteiger partial charge in [-0.15, -0.1) is 0 Å². The molecule has 0 aliphatic carbocycles. The molecular weight excluding hydrogens is 584 g/mol. The number of halogens is 1. The van der Waals surface area contributed by atoms with E-state index in [-0.39, 0.29) is 35.0 Å². The van der Waals surface area contributed by atoms with Crippen molar-refractivity contribution in [1.29, 1.82) is 0 Å². The third-order valence-corrected chi connectivity index (χ3v) is 6.46. The molecule has 0 spiro atoms. The fourth-order valence-electron chi connectivity index (χ4n) is 4.16. The maximum absolute atomic E-state index is 12.6. The lowest BCUT2D eigenvalue weighted by atomic mass is 9.95. The van der Waals surface area contributed by atoms with Crippen molar-refractivity contribution < 1.29 is 42.9 Å². The van der Waals surface area contributed by atoms with Crippen molar-refractivity contribution in [3.05, 3.63) is 81.7 Å². The van der Waals surface area contributed by atoms with E-state index in [2.05, 4.69) is 21.2 Å². The van der Waals surface area contributed by atoms with Gasteiger partial charge in [0.25, 0.3) is 5.91 Å². The van der Waals surface area contributed by atoms with Crippen LogP contribution in [0.4, 0.5) is 4.79 Å². The van der Waals surface area contributed by atoms with Gasteiger partial charge in [-0.2, -0.15) is 5.10 Å². The third-order valence-electron chi connectivity index (χ3n) is 6.13. The standard InChI is InChI=1S/C29H27ClN4O9/c1-4-41-28(38)25-15(2)32-29(39)33-26(25)16-6-9-22(23(12-16)40-3)42-14-24(35)34-31-13-18-7-10-21(43-18)19-11-17(27(36)37)5-8-20(19)30/h5-13,26H,4,14H2,1-3H3,(H,34,35)(H,36,37)(H2,32,33,39)/b31-13-/t26-/m1/s1. The number of ether oxygens (including phenoxy) is 3. The first-order valence-corrected chi connectivity index (χ1v) is 13.2. The molecular formula is C29H27ClN4O9. The number of hydrogen-bond acceptors (Lipinski definition) is 9. The number of amides is 3. The summed E-state index contributed by atoms with van der Waals surface area (Å²) in [6, 6.07) is 10.9. The molecule has 2 aromatic carbocycles. The summed E-state index contributed by atoms with van der Waals surface area (Å²) in [6.07, 6.45) is 1.26. The van der Waals surface area contributed by atoms with Gasteiger partial charge in [0.1, 0.15) is 11.5 Å². The Bertz CT molecular complexity index is 1630. The fourth-order valence-corrected chi connectivity index (χ4v) is 4.37. The first kappa shape index (κ1) is 30.7. The first-order chi connectivity index (χ1) is 20.6. The molecule has 1 atom stereocenters. The summed E-state index contributed by atoms with van der Waals surface area (Å²) in [7, 11) is 1.41. The van der Waals surface area contributed by atoms with E-state index in [9.17, 15) is 24.3 Å². The molecule has 14 heteroatoms. The lowest BCUT2D eigenvalue weighted by Gasteiger charge is -2.28. The number of allylic oxidation sites excluding steroid dienone is 1. The summed E-state index contributed by atoms with van der Waals surface area (Å²) in [6.45, 7) is 3.04. The van der Waals surface area contributed by atoms with Crippen LogP contribution in [0, 0.1) is 0 Å². The van der Waals surface area contributed by atoms with Crippen LogP contribution in [-0.4, -0.2) is 55.5 Å². The number of carbonyl (C=O) groups excluding carboxylic acids is 3. The molecule has 1 aliphatic rings. The Hall–Kier alpha value is -5.30. The smallest absolute Gasteiger partial charge is 0.338 e. The number of nitrogens with one attached hydrogen (secondary N) is 3. The summed E-state index contributed by atoms with van der Waals surface area (Å²) >= 11 is 6.18. The summed E-state index contributed by atoms with van der Waals surface area (Å²) in [4.78, 5) is 48.3. The second-order valence-electron chi connectivity index (χ2n) is 8.98. The lowest BCUT2D eigenvalue weighted by molar-refractivity contribution is -0.139. The minimum atomic E-state index is -1.10. The number of hydrazone groups is 1. The van der Waals surface area contributed by atoms with Crippen LogP contribution in [0.3, 0.4) is 0 Å². The highest BCUT2D eigenvalue weighted by atomic mass is 35.5. The number of carbonyl (C=O) groups is 4. The Morgan fingerprint density at radius 1 is 1.14 bits per heavy atom. The molecule has 224 valence electrons. The minimum Gasteiger partial charge on any atom is -0.493 e. The minimum absolute atomic E-state index is 0.0518. The van der Waals surface area contributed by atoms with Gasteiger partial charge in [0.2, 0.25) is 0 Å². The van der Waals surface area contributed by atoms with Crippen LogP contribution in [0.2, 0.25) is 5.02 Å². The number of furan rings is 1. The van der Waals surface area contributed by atoms with Crippen molar-refractivity contribution in [1.82, 2.24) is 16.1 Å². The zero-order valence-electron chi connectivity index (χ0n) is 23.2. The molecule has 0 radical (unpaired) electrons. The monoisotopic (exact) mass is 610 g/mol. The van der Waals surface area contributed by atoms with E-state index in [1.807, 2.05) is 0 Å². The molecule has 4 N–H and O–H groups in total. The average Bonchev–Trinajstić information content (AvgIpc) is 3.44. The highest BCUT2D eigenvalue weighted by molar-refractivity contribution is 6.33. The van der Waals surface area contributed by atoms with Crippen LogP contribution in [0.5, 0.6) is 11.5 Å². The third kappa shape index (κ3) is 7.32. The number of aromatic carboxylic acids is 1. The van der Waals surface area contributed by atoms with E-state index in [0.29, 0.717) is 27.6 Å². The second kappa shape index (κ2) is 13.6. The highest BCUT2D eigenvalue weighted by Gasteiger charge is 2.32. The molecule has 4 rings (SSSR count). The summed E-state index contributed by atoms with van der Waals surface area (Å²) in [5, 5.41) is 18.6. The van der Waals surface area contributed by atoms with Gasteiger partial charge in [0.15, 0.2) is 18.1 Å².